The quantitative estimate of drug-likeness (QED) is 0.683. The van der Waals surface area contributed by atoms with Crippen LogP contribution in [0.2, 0.25) is 5.15 Å². The van der Waals surface area contributed by atoms with Crippen molar-refractivity contribution in [3.63, 3.8) is 0 Å². The van der Waals surface area contributed by atoms with Crippen LogP contribution in [0.1, 0.15) is 43.0 Å². The Kier molecular flexibility index (Phi) is 4.08. The molecule has 116 valence electrons. The predicted molar refractivity (Wildman–Crippen MR) is 78.7 cm³/mol. The number of aromatic nitrogens is 2. The molecule has 0 unspecified atom stereocenters. The number of benzene rings is 1. The van der Waals surface area contributed by atoms with Gasteiger partial charge in [-0.05, 0) is 25.0 Å². The molecule has 0 amide bonds. The maximum atomic E-state index is 12.6. The van der Waals surface area contributed by atoms with Gasteiger partial charge in [-0.15, -0.1) is 0 Å². The summed E-state index contributed by atoms with van der Waals surface area (Å²) in [5, 5.41) is 0.326. The number of hydrogen-bond acceptors (Lipinski definition) is 2. The van der Waals surface area contributed by atoms with Gasteiger partial charge in [0.05, 0.1) is 11.3 Å². The monoisotopic (exact) mass is 326 g/mol. The Morgan fingerprint density at radius 1 is 1.00 bits per heavy atom. The van der Waals surface area contributed by atoms with E-state index in [0.29, 0.717) is 28.2 Å². The van der Waals surface area contributed by atoms with Gasteiger partial charge in [0.2, 0.25) is 0 Å². The van der Waals surface area contributed by atoms with Gasteiger partial charge in [0, 0.05) is 17.5 Å². The second-order valence-electron chi connectivity index (χ2n) is 5.49. The lowest BCUT2D eigenvalue weighted by Gasteiger charge is -2.11. The average Bonchev–Trinajstić information content (AvgIpc) is 3.00. The number of rotatable bonds is 2. The first-order valence-electron chi connectivity index (χ1n) is 7.15. The molecule has 0 atom stereocenters. The summed E-state index contributed by atoms with van der Waals surface area (Å²) in [5.74, 6) is 0.992. The summed E-state index contributed by atoms with van der Waals surface area (Å²) in [5.41, 5.74) is 0.500. The van der Waals surface area contributed by atoms with E-state index < -0.39 is 11.7 Å². The van der Waals surface area contributed by atoms with Crippen LogP contribution in [-0.2, 0) is 6.18 Å². The number of alkyl halides is 3. The van der Waals surface area contributed by atoms with Crippen molar-refractivity contribution in [1.82, 2.24) is 9.97 Å². The summed E-state index contributed by atoms with van der Waals surface area (Å²) in [7, 11) is 0. The minimum atomic E-state index is -4.34. The van der Waals surface area contributed by atoms with Crippen LogP contribution in [0.5, 0.6) is 0 Å². The zero-order chi connectivity index (χ0) is 15.7. The van der Waals surface area contributed by atoms with Crippen LogP contribution in [-0.4, -0.2) is 9.97 Å². The number of hydrogen-bond donors (Lipinski definition) is 0. The molecule has 0 spiro atoms. The van der Waals surface area contributed by atoms with E-state index in [0.717, 1.165) is 37.8 Å². The molecule has 3 rings (SSSR count). The van der Waals surface area contributed by atoms with Crippen molar-refractivity contribution >= 4 is 11.6 Å². The molecule has 6 heteroatoms. The van der Waals surface area contributed by atoms with Gasteiger partial charge in [0.25, 0.3) is 0 Å². The summed E-state index contributed by atoms with van der Waals surface area (Å²) < 4.78 is 37.8. The zero-order valence-corrected chi connectivity index (χ0v) is 12.5. The Balaban J connectivity index is 1.94. The molecule has 1 saturated carbocycles. The minimum absolute atomic E-state index is 0.298. The summed E-state index contributed by atoms with van der Waals surface area (Å²) in [6.07, 6.45) is 0.0305. The van der Waals surface area contributed by atoms with Crippen molar-refractivity contribution in [2.75, 3.05) is 0 Å². The molecule has 2 nitrogen and oxygen atoms in total. The van der Waals surface area contributed by atoms with Crippen molar-refractivity contribution in [3.05, 3.63) is 46.9 Å². The van der Waals surface area contributed by atoms with Crippen LogP contribution >= 0.6 is 11.6 Å². The zero-order valence-electron chi connectivity index (χ0n) is 11.7. The first-order chi connectivity index (χ1) is 10.4. The van der Waals surface area contributed by atoms with Gasteiger partial charge in [-0.2, -0.15) is 13.2 Å². The highest BCUT2D eigenvalue weighted by Crippen LogP contribution is 2.34. The highest BCUT2D eigenvalue weighted by Gasteiger charge is 2.30. The van der Waals surface area contributed by atoms with Crippen molar-refractivity contribution in [1.29, 1.82) is 0 Å². The van der Waals surface area contributed by atoms with Gasteiger partial charge in [-0.25, -0.2) is 9.97 Å². The molecular formula is C16H14ClF3N2. The van der Waals surface area contributed by atoms with E-state index >= 15 is 0 Å². The Morgan fingerprint density at radius 3 is 2.23 bits per heavy atom. The second kappa shape index (κ2) is 5.88. The highest BCUT2D eigenvalue weighted by atomic mass is 35.5. The van der Waals surface area contributed by atoms with E-state index in [2.05, 4.69) is 9.97 Å². The van der Waals surface area contributed by atoms with Crippen molar-refractivity contribution in [3.8, 4) is 11.3 Å². The van der Waals surface area contributed by atoms with Crippen molar-refractivity contribution in [2.45, 2.75) is 37.8 Å². The number of halogens is 4. The lowest BCUT2D eigenvalue weighted by Crippen LogP contribution is -2.05. The molecule has 0 bridgehead atoms. The maximum Gasteiger partial charge on any atom is 0.416 e. The summed E-state index contributed by atoms with van der Waals surface area (Å²) in [4.78, 5) is 8.77. The topological polar surface area (TPSA) is 25.8 Å². The lowest BCUT2D eigenvalue weighted by molar-refractivity contribution is -0.137. The fourth-order valence-electron chi connectivity index (χ4n) is 2.78. The van der Waals surface area contributed by atoms with Crippen LogP contribution in [0.15, 0.2) is 30.3 Å². The molecule has 2 aromatic rings. The molecule has 1 aliphatic rings. The van der Waals surface area contributed by atoms with Crippen molar-refractivity contribution < 1.29 is 13.2 Å². The van der Waals surface area contributed by atoms with E-state index in [9.17, 15) is 13.2 Å². The molecule has 1 aliphatic carbocycles. The van der Waals surface area contributed by atoms with Gasteiger partial charge in [-0.1, -0.05) is 36.6 Å². The molecule has 1 fully saturated rings. The Bertz CT molecular complexity index is 662. The fourth-order valence-corrected chi connectivity index (χ4v) is 2.97. The van der Waals surface area contributed by atoms with Crippen LogP contribution in [0.25, 0.3) is 11.3 Å². The lowest BCUT2D eigenvalue weighted by atomic mass is 10.1. The van der Waals surface area contributed by atoms with E-state index in [1.165, 1.54) is 12.1 Å². The van der Waals surface area contributed by atoms with Gasteiger partial charge in [-0.3, -0.25) is 0 Å². The van der Waals surface area contributed by atoms with Gasteiger partial charge >= 0.3 is 6.18 Å². The average molecular weight is 327 g/mol. The predicted octanol–water partition coefficient (Wildman–Crippen LogP) is 5.47. The Hall–Kier alpha value is -1.62. The maximum absolute atomic E-state index is 12.6. The summed E-state index contributed by atoms with van der Waals surface area (Å²) >= 11 is 6.05. The molecular weight excluding hydrogens is 313 g/mol. The first-order valence-corrected chi connectivity index (χ1v) is 7.53. The second-order valence-corrected chi connectivity index (χ2v) is 5.88. The molecule has 1 aromatic heterocycles. The molecule has 0 saturated heterocycles. The van der Waals surface area contributed by atoms with Gasteiger partial charge < -0.3 is 0 Å². The van der Waals surface area contributed by atoms with Gasteiger partial charge in [0.15, 0.2) is 0 Å². The summed E-state index contributed by atoms with van der Waals surface area (Å²) in [6.45, 7) is 0. The SMILES string of the molecule is FC(F)(F)c1ccc(-c2cc(Cl)nc(C3CCCC3)n2)cc1. The first kappa shape index (κ1) is 15.3. The van der Waals surface area contributed by atoms with Gasteiger partial charge in [0.1, 0.15) is 11.0 Å². The van der Waals surface area contributed by atoms with Crippen molar-refractivity contribution in [2.24, 2.45) is 0 Å². The summed E-state index contributed by atoms with van der Waals surface area (Å²) in [6, 6.07) is 6.53. The third kappa shape index (κ3) is 3.24. The number of nitrogens with zero attached hydrogens (tertiary/aromatic N) is 2. The highest BCUT2D eigenvalue weighted by molar-refractivity contribution is 6.29. The molecule has 0 aliphatic heterocycles. The molecule has 0 N–H and O–H groups in total. The van der Waals surface area contributed by atoms with Crippen LogP contribution in [0, 0.1) is 0 Å². The standard InChI is InChI=1S/C16H14ClF3N2/c17-14-9-13(21-15(22-14)11-3-1-2-4-11)10-5-7-12(8-6-10)16(18,19)20/h5-9,11H,1-4H2. The third-order valence-corrected chi connectivity index (χ3v) is 4.13. The Labute approximate surface area is 131 Å². The van der Waals surface area contributed by atoms with Crippen LogP contribution in [0.4, 0.5) is 13.2 Å². The van der Waals surface area contributed by atoms with Crippen LogP contribution in [0.3, 0.4) is 0 Å². The Morgan fingerprint density at radius 2 is 1.64 bits per heavy atom. The van der Waals surface area contributed by atoms with E-state index in [1.807, 2.05) is 0 Å². The minimum Gasteiger partial charge on any atom is -0.232 e. The fraction of sp³-hybridized carbons (Fsp3) is 0.375. The molecule has 1 heterocycles. The smallest absolute Gasteiger partial charge is 0.232 e. The largest absolute Gasteiger partial charge is 0.416 e. The van der Waals surface area contributed by atoms with E-state index in [-0.39, 0.29) is 0 Å². The van der Waals surface area contributed by atoms with E-state index in [4.69, 9.17) is 11.6 Å². The molecule has 1 aromatic carbocycles. The molecule has 22 heavy (non-hydrogen) atoms. The third-order valence-electron chi connectivity index (χ3n) is 3.94. The normalized spacial score (nSPS) is 16.2. The van der Waals surface area contributed by atoms with Crippen LogP contribution < -0.4 is 0 Å². The van der Waals surface area contributed by atoms with E-state index in [1.54, 1.807) is 6.07 Å². The molecule has 0 radical (unpaired) electrons.